The normalized spacial score (nSPS) is 14.1. The Morgan fingerprint density at radius 3 is 1.86 bits per heavy atom. The molecule has 0 spiro atoms. The van der Waals surface area contributed by atoms with Crippen LogP contribution in [0.5, 0.6) is 5.75 Å². The Bertz CT molecular complexity index is 996. The monoisotopic (exact) mass is 524 g/mol. The third-order valence-electron chi connectivity index (χ3n) is 5.25. The standard InChI is InChI=1S/C23H32N4O10/c1-11(2)19(22(35)26-16(23(36)37)10-18(31)32)27-21(34)15(7-8-17(29)30)25-20(33)14(24)9-12-3-5-13(28)6-4-12/h3-6,11,14-16,19,28H,7-10,24H2,1-2H3,(H,25,33)(H,26,35)(H,27,34)(H,29,30)(H,31,32)(H,36,37). The number of carbonyl (C=O) groups is 6. The first-order chi connectivity index (χ1) is 17.2. The lowest BCUT2D eigenvalue weighted by molar-refractivity contribution is -0.147. The molecule has 0 radical (unpaired) electrons. The Kier molecular flexibility index (Phi) is 12.0. The largest absolute Gasteiger partial charge is 0.508 e. The third-order valence-corrected chi connectivity index (χ3v) is 5.25. The van der Waals surface area contributed by atoms with E-state index in [0.29, 0.717) is 5.56 Å². The van der Waals surface area contributed by atoms with E-state index in [-0.39, 0.29) is 18.6 Å². The number of amides is 3. The minimum atomic E-state index is -1.75. The lowest BCUT2D eigenvalue weighted by atomic mass is 10.0. The second-order valence-corrected chi connectivity index (χ2v) is 8.70. The lowest BCUT2D eigenvalue weighted by Gasteiger charge is -2.26. The maximum Gasteiger partial charge on any atom is 0.326 e. The Balaban J connectivity index is 2.97. The molecule has 37 heavy (non-hydrogen) atoms. The topological polar surface area (TPSA) is 245 Å². The van der Waals surface area contributed by atoms with Crippen LogP contribution < -0.4 is 21.7 Å². The van der Waals surface area contributed by atoms with E-state index in [4.69, 9.17) is 21.1 Å². The van der Waals surface area contributed by atoms with E-state index in [1.807, 2.05) is 0 Å². The smallest absolute Gasteiger partial charge is 0.326 e. The lowest BCUT2D eigenvalue weighted by Crippen LogP contribution is -2.58. The average molecular weight is 525 g/mol. The molecular formula is C23H32N4O10. The number of nitrogens with two attached hydrogens (primary N) is 1. The van der Waals surface area contributed by atoms with Gasteiger partial charge in [-0.1, -0.05) is 26.0 Å². The van der Waals surface area contributed by atoms with Gasteiger partial charge in [0.25, 0.3) is 0 Å². The van der Waals surface area contributed by atoms with Crippen LogP contribution in [0.2, 0.25) is 0 Å². The van der Waals surface area contributed by atoms with Crippen molar-refractivity contribution in [3.05, 3.63) is 29.8 Å². The molecule has 1 aromatic carbocycles. The van der Waals surface area contributed by atoms with Crippen LogP contribution >= 0.6 is 0 Å². The number of hydrogen-bond donors (Lipinski definition) is 8. The van der Waals surface area contributed by atoms with Crippen molar-refractivity contribution in [2.45, 2.75) is 63.7 Å². The Hall–Kier alpha value is -4.20. The van der Waals surface area contributed by atoms with Crippen LogP contribution in [0, 0.1) is 5.92 Å². The fraction of sp³-hybridized carbons (Fsp3) is 0.478. The maximum absolute atomic E-state index is 12.9. The van der Waals surface area contributed by atoms with Crippen molar-refractivity contribution in [3.8, 4) is 5.75 Å². The van der Waals surface area contributed by atoms with Crippen molar-refractivity contribution >= 4 is 35.6 Å². The fourth-order valence-corrected chi connectivity index (χ4v) is 3.22. The van der Waals surface area contributed by atoms with Crippen LogP contribution in [0.3, 0.4) is 0 Å². The van der Waals surface area contributed by atoms with Gasteiger partial charge >= 0.3 is 17.9 Å². The predicted octanol–water partition coefficient (Wildman–Crippen LogP) is -1.20. The van der Waals surface area contributed by atoms with E-state index in [0.717, 1.165) is 0 Å². The quantitative estimate of drug-likeness (QED) is 0.135. The van der Waals surface area contributed by atoms with Crippen molar-refractivity contribution in [3.63, 3.8) is 0 Å². The van der Waals surface area contributed by atoms with Crippen LogP contribution in [0.1, 0.15) is 38.7 Å². The molecule has 0 bridgehead atoms. The van der Waals surface area contributed by atoms with Gasteiger partial charge in [-0.05, 0) is 36.5 Å². The summed E-state index contributed by atoms with van der Waals surface area (Å²) in [7, 11) is 0. The van der Waals surface area contributed by atoms with Gasteiger partial charge in [0.15, 0.2) is 0 Å². The first-order valence-electron chi connectivity index (χ1n) is 11.3. The Morgan fingerprint density at radius 1 is 0.811 bits per heavy atom. The maximum atomic E-state index is 12.9. The molecule has 0 saturated heterocycles. The highest BCUT2D eigenvalue weighted by Gasteiger charge is 2.32. The number of rotatable bonds is 15. The Morgan fingerprint density at radius 2 is 1.38 bits per heavy atom. The number of hydrogen-bond acceptors (Lipinski definition) is 8. The van der Waals surface area contributed by atoms with E-state index in [9.17, 15) is 33.9 Å². The molecule has 0 aromatic heterocycles. The highest BCUT2D eigenvalue weighted by molar-refractivity contribution is 5.95. The first kappa shape index (κ1) is 30.8. The summed E-state index contributed by atoms with van der Waals surface area (Å²) in [5.41, 5.74) is 6.55. The first-order valence-corrected chi connectivity index (χ1v) is 11.3. The summed E-state index contributed by atoms with van der Waals surface area (Å²) in [6.07, 6.45) is -1.67. The van der Waals surface area contributed by atoms with E-state index in [2.05, 4.69) is 16.0 Å². The van der Waals surface area contributed by atoms with Crippen LogP contribution in [0.25, 0.3) is 0 Å². The van der Waals surface area contributed by atoms with Gasteiger partial charge in [0.2, 0.25) is 17.7 Å². The average Bonchev–Trinajstić information content (AvgIpc) is 2.79. The highest BCUT2D eigenvalue weighted by atomic mass is 16.4. The Labute approximate surface area is 212 Å². The number of benzene rings is 1. The van der Waals surface area contributed by atoms with E-state index < -0.39 is 78.6 Å². The minimum absolute atomic E-state index is 0.0218. The van der Waals surface area contributed by atoms with Crippen molar-refractivity contribution in [2.24, 2.45) is 11.7 Å². The summed E-state index contributed by atoms with van der Waals surface area (Å²) in [6.45, 7) is 3.08. The van der Waals surface area contributed by atoms with Gasteiger partial charge in [0.05, 0.1) is 12.5 Å². The van der Waals surface area contributed by atoms with Gasteiger partial charge in [0, 0.05) is 6.42 Å². The van der Waals surface area contributed by atoms with E-state index in [1.54, 1.807) is 12.1 Å². The molecule has 0 aliphatic carbocycles. The summed E-state index contributed by atoms with van der Waals surface area (Å²) >= 11 is 0. The number of carboxylic acid groups (broad SMARTS) is 3. The number of aromatic hydroxyl groups is 1. The number of aliphatic carboxylic acids is 3. The van der Waals surface area contributed by atoms with Gasteiger partial charge in [-0.3, -0.25) is 24.0 Å². The molecule has 4 unspecified atom stereocenters. The molecule has 3 amide bonds. The van der Waals surface area contributed by atoms with Gasteiger partial charge in [-0.25, -0.2) is 4.79 Å². The number of phenols is 1. The van der Waals surface area contributed by atoms with Crippen molar-refractivity contribution in [1.29, 1.82) is 0 Å². The molecular weight excluding hydrogens is 492 g/mol. The summed E-state index contributed by atoms with van der Waals surface area (Å²) < 4.78 is 0. The highest BCUT2D eigenvalue weighted by Crippen LogP contribution is 2.11. The molecule has 1 aromatic rings. The number of carbonyl (C=O) groups excluding carboxylic acids is 3. The molecule has 204 valence electrons. The summed E-state index contributed by atoms with van der Waals surface area (Å²) in [5.74, 6) is -7.50. The second kappa shape index (κ2) is 14.4. The zero-order chi connectivity index (χ0) is 28.3. The minimum Gasteiger partial charge on any atom is -0.508 e. The molecule has 9 N–H and O–H groups in total. The van der Waals surface area contributed by atoms with Gasteiger partial charge in [-0.15, -0.1) is 0 Å². The van der Waals surface area contributed by atoms with Crippen LogP contribution in [-0.4, -0.2) is 80.2 Å². The molecule has 14 heteroatoms. The zero-order valence-corrected chi connectivity index (χ0v) is 20.3. The van der Waals surface area contributed by atoms with Gasteiger partial charge < -0.3 is 42.1 Å². The van der Waals surface area contributed by atoms with E-state index in [1.165, 1.54) is 26.0 Å². The van der Waals surface area contributed by atoms with Crippen LogP contribution in [-0.2, 0) is 35.2 Å². The van der Waals surface area contributed by atoms with Gasteiger partial charge in [-0.2, -0.15) is 0 Å². The molecule has 0 aliphatic heterocycles. The molecule has 4 atom stereocenters. The molecule has 1 rings (SSSR count). The van der Waals surface area contributed by atoms with Crippen LogP contribution in [0.15, 0.2) is 24.3 Å². The molecule has 0 heterocycles. The third kappa shape index (κ3) is 10.9. The molecule has 0 saturated carbocycles. The summed E-state index contributed by atoms with van der Waals surface area (Å²) in [4.78, 5) is 71.5. The van der Waals surface area contributed by atoms with Crippen LogP contribution in [0.4, 0.5) is 0 Å². The van der Waals surface area contributed by atoms with E-state index >= 15 is 0 Å². The van der Waals surface area contributed by atoms with Crippen molar-refractivity contribution in [1.82, 2.24) is 16.0 Å². The second-order valence-electron chi connectivity index (χ2n) is 8.70. The molecule has 14 nitrogen and oxygen atoms in total. The predicted molar refractivity (Wildman–Crippen MR) is 127 cm³/mol. The fourth-order valence-electron chi connectivity index (χ4n) is 3.22. The number of carboxylic acids is 3. The van der Waals surface area contributed by atoms with Crippen molar-refractivity contribution < 1.29 is 49.2 Å². The zero-order valence-electron chi connectivity index (χ0n) is 20.3. The number of phenolic OH excluding ortho intramolecular Hbond substituents is 1. The summed E-state index contributed by atoms with van der Waals surface area (Å²) in [6, 6.07) is 0.340. The summed E-state index contributed by atoms with van der Waals surface area (Å²) in [5, 5.41) is 43.2. The number of nitrogens with one attached hydrogen (secondary N) is 3. The van der Waals surface area contributed by atoms with Gasteiger partial charge in [0.1, 0.15) is 23.9 Å². The molecule has 0 aliphatic rings. The molecule has 0 fully saturated rings. The van der Waals surface area contributed by atoms with Crippen molar-refractivity contribution in [2.75, 3.05) is 0 Å². The SMILES string of the molecule is CC(C)C(NC(=O)C(CCC(=O)O)NC(=O)C(N)Cc1ccc(O)cc1)C(=O)NC(CC(=O)O)C(=O)O.